The van der Waals surface area contributed by atoms with Gasteiger partial charge in [0.25, 0.3) is 5.91 Å². The van der Waals surface area contributed by atoms with E-state index in [4.69, 9.17) is 9.47 Å². The lowest BCUT2D eigenvalue weighted by molar-refractivity contribution is -0.114. The number of anilines is 2. The molecular formula is C26H35N5O4. The highest BCUT2D eigenvalue weighted by molar-refractivity contribution is 6.04. The molecule has 0 aliphatic rings. The number of hydrogen-bond acceptors (Lipinski definition) is 6. The number of aromatic nitrogens is 3. The first-order valence-corrected chi connectivity index (χ1v) is 11.4. The van der Waals surface area contributed by atoms with Crippen molar-refractivity contribution in [1.29, 1.82) is 0 Å². The maximum Gasteiger partial charge on any atom is 0.278 e. The van der Waals surface area contributed by atoms with E-state index in [1.165, 1.54) is 11.6 Å². The van der Waals surface area contributed by atoms with Gasteiger partial charge in [-0.15, -0.1) is 5.10 Å². The molecule has 3 aromatic rings. The summed E-state index contributed by atoms with van der Waals surface area (Å²) in [7, 11) is 3.13. The summed E-state index contributed by atoms with van der Waals surface area (Å²) < 4.78 is 12.3. The monoisotopic (exact) mass is 481 g/mol. The van der Waals surface area contributed by atoms with E-state index in [9.17, 15) is 9.59 Å². The first-order valence-electron chi connectivity index (χ1n) is 11.4. The minimum Gasteiger partial charge on any atom is -0.497 e. The second-order valence-corrected chi connectivity index (χ2v) is 8.62. The molecule has 188 valence electrons. The first kappa shape index (κ1) is 27.4. The van der Waals surface area contributed by atoms with E-state index < -0.39 is 5.91 Å². The van der Waals surface area contributed by atoms with Crippen molar-refractivity contribution in [1.82, 2.24) is 15.0 Å². The molecule has 1 aromatic heterocycles. The van der Waals surface area contributed by atoms with Crippen LogP contribution in [0.2, 0.25) is 0 Å². The van der Waals surface area contributed by atoms with Crippen molar-refractivity contribution in [2.45, 2.75) is 53.9 Å². The molecule has 0 unspecified atom stereocenters. The lowest BCUT2D eigenvalue weighted by Crippen LogP contribution is -2.19. The van der Waals surface area contributed by atoms with E-state index in [1.807, 2.05) is 40.7 Å². The third-order valence-corrected chi connectivity index (χ3v) is 5.12. The topological polar surface area (TPSA) is 107 Å². The Morgan fingerprint density at radius 3 is 2.23 bits per heavy atom. The van der Waals surface area contributed by atoms with Gasteiger partial charge in [0.15, 0.2) is 5.69 Å². The number of methoxy groups -OCH3 is 2. The molecule has 0 fully saturated rings. The Labute approximate surface area is 206 Å². The van der Waals surface area contributed by atoms with Crippen LogP contribution in [0.5, 0.6) is 11.5 Å². The van der Waals surface area contributed by atoms with Crippen molar-refractivity contribution in [3.8, 4) is 17.2 Å². The maximum atomic E-state index is 13.0. The van der Waals surface area contributed by atoms with Gasteiger partial charge in [-0.2, -0.15) is 0 Å². The third kappa shape index (κ3) is 6.38. The average Bonchev–Trinajstić information content (AvgIpc) is 3.21. The molecule has 0 aliphatic carbocycles. The van der Waals surface area contributed by atoms with E-state index in [0.29, 0.717) is 34.3 Å². The van der Waals surface area contributed by atoms with Crippen molar-refractivity contribution in [2.75, 3.05) is 24.9 Å². The van der Waals surface area contributed by atoms with Gasteiger partial charge in [0.1, 0.15) is 17.2 Å². The molecule has 0 aliphatic heterocycles. The zero-order valence-electron chi connectivity index (χ0n) is 21.9. The van der Waals surface area contributed by atoms with Crippen LogP contribution in [0.3, 0.4) is 0 Å². The molecule has 0 radical (unpaired) electrons. The minimum atomic E-state index is -0.396. The molecule has 0 saturated heterocycles. The molecule has 35 heavy (non-hydrogen) atoms. The van der Waals surface area contributed by atoms with E-state index in [-0.39, 0.29) is 17.0 Å². The van der Waals surface area contributed by atoms with Gasteiger partial charge in [0, 0.05) is 24.4 Å². The molecule has 0 saturated carbocycles. The van der Waals surface area contributed by atoms with Gasteiger partial charge in [-0.05, 0) is 48.2 Å². The van der Waals surface area contributed by atoms with Gasteiger partial charge in [-0.1, -0.05) is 39.8 Å². The summed E-state index contributed by atoms with van der Waals surface area (Å²) in [5.74, 6) is 0.644. The predicted molar refractivity (Wildman–Crippen MR) is 138 cm³/mol. The van der Waals surface area contributed by atoms with Crippen LogP contribution in [0.15, 0.2) is 36.4 Å². The van der Waals surface area contributed by atoms with Crippen LogP contribution in [-0.4, -0.2) is 41.0 Å². The van der Waals surface area contributed by atoms with Crippen molar-refractivity contribution < 1.29 is 19.1 Å². The predicted octanol–water partition coefficient (Wildman–Crippen LogP) is 5.13. The highest BCUT2D eigenvalue weighted by atomic mass is 16.5. The van der Waals surface area contributed by atoms with E-state index in [1.54, 1.807) is 51.5 Å². The molecule has 2 amide bonds. The van der Waals surface area contributed by atoms with Crippen LogP contribution in [0.1, 0.15) is 63.3 Å². The number of carbonyl (C=O) groups excluding carboxylic acids is 2. The number of rotatable bonds is 6. The zero-order valence-corrected chi connectivity index (χ0v) is 21.9. The fraction of sp³-hybridized carbons (Fsp3) is 0.385. The van der Waals surface area contributed by atoms with Crippen LogP contribution in [0, 0.1) is 6.92 Å². The average molecular weight is 482 g/mol. The summed E-state index contributed by atoms with van der Waals surface area (Å²) in [5.41, 5.74) is 3.29. The number of hydrogen-bond donors (Lipinski definition) is 2. The quantitative estimate of drug-likeness (QED) is 0.506. The highest BCUT2D eigenvalue weighted by Crippen LogP contribution is 2.32. The van der Waals surface area contributed by atoms with Gasteiger partial charge >= 0.3 is 0 Å². The Morgan fingerprint density at radius 1 is 0.971 bits per heavy atom. The molecular weight excluding hydrogens is 446 g/mol. The van der Waals surface area contributed by atoms with E-state index >= 15 is 0 Å². The number of ether oxygens (including phenoxy) is 2. The molecule has 1 heterocycles. The Hall–Kier alpha value is -3.88. The minimum absolute atomic E-state index is 0.155. The fourth-order valence-corrected chi connectivity index (χ4v) is 3.46. The SMILES string of the molecule is CC.COc1ccc(OC)c(-n2nnc(C(=O)Nc3ccc(NC(C)=O)c(C(C)(C)C)c3)c2C)c1. The van der Waals surface area contributed by atoms with Crippen molar-refractivity contribution in [2.24, 2.45) is 0 Å². The fourth-order valence-electron chi connectivity index (χ4n) is 3.46. The molecule has 3 rings (SSSR count). The second kappa shape index (κ2) is 11.5. The second-order valence-electron chi connectivity index (χ2n) is 8.62. The van der Waals surface area contributed by atoms with Crippen LogP contribution in [0.4, 0.5) is 11.4 Å². The Bertz CT molecular complexity index is 1190. The Morgan fingerprint density at radius 2 is 1.66 bits per heavy atom. The summed E-state index contributed by atoms with van der Waals surface area (Å²) >= 11 is 0. The van der Waals surface area contributed by atoms with Gasteiger partial charge in [-0.3, -0.25) is 9.59 Å². The molecule has 0 atom stereocenters. The number of nitrogens with one attached hydrogen (secondary N) is 2. The molecule has 9 heteroatoms. The number of nitrogens with zero attached hydrogens (tertiary/aromatic N) is 3. The lowest BCUT2D eigenvalue weighted by atomic mass is 9.85. The smallest absolute Gasteiger partial charge is 0.278 e. The van der Waals surface area contributed by atoms with Crippen LogP contribution < -0.4 is 20.1 Å². The third-order valence-electron chi connectivity index (χ3n) is 5.12. The van der Waals surface area contributed by atoms with Crippen LogP contribution in [0.25, 0.3) is 5.69 Å². The summed E-state index contributed by atoms with van der Waals surface area (Å²) in [6.45, 7) is 13.3. The summed E-state index contributed by atoms with van der Waals surface area (Å²) in [4.78, 5) is 24.6. The largest absolute Gasteiger partial charge is 0.497 e. The summed E-state index contributed by atoms with van der Waals surface area (Å²) in [6, 6.07) is 10.7. The molecule has 9 nitrogen and oxygen atoms in total. The van der Waals surface area contributed by atoms with E-state index in [2.05, 4.69) is 20.9 Å². The van der Waals surface area contributed by atoms with Crippen LogP contribution in [-0.2, 0) is 10.2 Å². The number of amides is 2. The van der Waals surface area contributed by atoms with E-state index in [0.717, 1.165) is 5.56 Å². The number of carbonyl (C=O) groups is 2. The maximum absolute atomic E-state index is 13.0. The van der Waals surface area contributed by atoms with Gasteiger partial charge in [0.2, 0.25) is 5.91 Å². The first-order chi connectivity index (χ1) is 16.5. The normalized spacial score (nSPS) is 10.7. The molecule has 2 aromatic carbocycles. The number of benzene rings is 2. The van der Waals surface area contributed by atoms with Gasteiger partial charge in [-0.25, -0.2) is 4.68 Å². The lowest BCUT2D eigenvalue weighted by Gasteiger charge is -2.24. The standard InChI is InChI=1S/C24H29N5O4.C2H6/c1-14-22(27-28-29(14)20-13-17(32-6)9-11-21(20)33-7)23(31)26-16-8-10-19(25-15(2)30)18(12-16)24(3,4)5;1-2/h8-13H,1-7H3,(H,25,30)(H,26,31);1-2H3. The molecule has 2 N–H and O–H groups in total. The summed E-state index contributed by atoms with van der Waals surface area (Å²) in [6.07, 6.45) is 0. The highest BCUT2D eigenvalue weighted by Gasteiger charge is 2.22. The summed E-state index contributed by atoms with van der Waals surface area (Å²) in [5, 5.41) is 14.0. The van der Waals surface area contributed by atoms with Crippen molar-refractivity contribution in [3.63, 3.8) is 0 Å². The van der Waals surface area contributed by atoms with Gasteiger partial charge in [0.05, 0.1) is 19.9 Å². The zero-order chi connectivity index (χ0) is 26.3. The van der Waals surface area contributed by atoms with Crippen LogP contribution >= 0.6 is 0 Å². The Balaban J connectivity index is 0.00000210. The molecule has 0 spiro atoms. The van der Waals surface area contributed by atoms with Crippen molar-refractivity contribution >= 4 is 23.2 Å². The van der Waals surface area contributed by atoms with Crippen molar-refractivity contribution in [3.05, 3.63) is 53.3 Å². The molecule has 0 bridgehead atoms. The Kier molecular flexibility index (Phi) is 8.99. The van der Waals surface area contributed by atoms with Gasteiger partial charge < -0.3 is 20.1 Å².